The maximum Gasteiger partial charge on any atom is 0.234 e. The zero-order valence-electron chi connectivity index (χ0n) is 9.66. The molecule has 0 atom stereocenters. The summed E-state index contributed by atoms with van der Waals surface area (Å²) in [6.07, 6.45) is 2.08. The number of hydrogen-bond acceptors (Lipinski definition) is 4. The van der Waals surface area contributed by atoms with Crippen molar-refractivity contribution in [1.29, 1.82) is 0 Å². The quantitative estimate of drug-likeness (QED) is 0.654. The fourth-order valence-corrected chi connectivity index (χ4v) is 3.18. The number of carbonyl (C=O) groups excluding carboxylic acids is 1. The average molecular weight is 248 g/mol. The average Bonchev–Trinajstić information content (AvgIpc) is 2.22. The number of sulfone groups is 1. The van der Waals surface area contributed by atoms with E-state index < -0.39 is 9.84 Å². The van der Waals surface area contributed by atoms with Crippen LogP contribution in [0.1, 0.15) is 26.2 Å². The van der Waals surface area contributed by atoms with Crippen molar-refractivity contribution in [3.8, 4) is 0 Å². The van der Waals surface area contributed by atoms with E-state index in [9.17, 15) is 13.2 Å². The van der Waals surface area contributed by atoms with E-state index in [0.29, 0.717) is 19.4 Å². The molecule has 1 amide bonds. The van der Waals surface area contributed by atoms with Gasteiger partial charge in [0.15, 0.2) is 0 Å². The van der Waals surface area contributed by atoms with E-state index in [0.717, 1.165) is 13.0 Å². The van der Waals surface area contributed by atoms with Gasteiger partial charge in [-0.05, 0) is 25.8 Å². The Balaban J connectivity index is 2.20. The molecule has 1 rings (SSSR count). The van der Waals surface area contributed by atoms with Crippen molar-refractivity contribution in [2.24, 2.45) is 0 Å². The van der Waals surface area contributed by atoms with Crippen LogP contribution < -0.4 is 10.6 Å². The summed E-state index contributed by atoms with van der Waals surface area (Å²) in [7, 11) is -2.84. The minimum absolute atomic E-state index is 0.0273. The fourth-order valence-electron chi connectivity index (χ4n) is 1.69. The first kappa shape index (κ1) is 13.4. The van der Waals surface area contributed by atoms with Crippen molar-refractivity contribution in [3.63, 3.8) is 0 Å². The van der Waals surface area contributed by atoms with E-state index in [1.807, 2.05) is 6.92 Å². The highest BCUT2D eigenvalue weighted by molar-refractivity contribution is 7.91. The molecule has 0 spiro atoms. The van der Waals surface area contributed by atoms with Gasteiger partial charge in [0.2, 0.25) is 5.91 Å². The minimum atomic E-state index is -2.84. The lowest BCUT2D eigenvalue weighted by atomic mass is 10.1. The zero-order chi connectivity index (χ0) is 12.0. The first-order valence-electron chi connectivity index (χ1n) is 5.74. The molecule has 0 aromatic rings. The molecule has 1 fully saturated rings. The van der Waals surface area contributed by atoms with E-state index in [1.54, 1.807) is 0 Å². The smallest absolute Gasteiger partial charge is 0.234 e. The van der Waals surface area contributed by atoms with Gasteiger partial charge in [0.05, 0.1) is 18.1 Å². The molecule has 0 saturated carbocycles. The Labute approximate surface area is 96.9 Å². The number of amides is 1. The number of carbonyl (C=O) groups is 1. The van der Waals surface area contributed by atoms with E-state index in [1.165, 1.54) is 0 Å². The third-order valence-electron chi connectivity index (χ3n) is 2.63. The summed E-state index contributed by atoms with van der Waals surface area (Å²) < 4.78 is 22.3. The van der Waals surface area contributed by atoms with Crippen molar-refractivity contribution < 1.29 is 13.2 Å². The molecular formula is C10H20N2O3S. The molecule has 1 heterocycles. The maximum absolute atomic E-state index is 11.4. The Morgan fingerprint density at radius 1 is 1.31 bits per heavy atom. The van der Waals surface area contributed by atoms with Gasteiger partial charge in [-0.25, -0.2) is 8.42 Å². The lowest BCUT2D eigenvalue weighted by Crippen LogP contribution is -2.44. The predicted octanol–water partition coefficient (Wildman–Crippen LogP) is -0.321. The maximum atomic E-state index is 11.4. The van der Waals surface area contributed by atoms with Gasteiger partial charge < -0.3 is 10.6 Å². The molecule has 94 valence electrons. The summed E-state index contributed by atoms with van der Waals surface area (Å²) >= 11 is 0. The minimum Gasteiger partial charge on any atom is -0.352 e. The van der Waals surface area contributed by atoms with Gasteiger partial charge in [0.25, 0.3) is 0 Å². The highest BCUT2D eigenvalue weighted by Crippen LogP contribution is 2.11. The van der Waals surface area contributed by atoms with Crippen LogP contribution in [0.2, 0.25) is 0 Å². The van der Waals surface area contributed by atoms with Crippen LogP contribution in [0.4, 0.5) is 0 Å². The summed E-state index contributed by atoms with van der Waals surface area (Å²) in [6, 6.07) is 0.0273. The molecular weight excluding hydrogens is 228 g/mol. The summed E-state index contributed by atoms with van der Waals surface area (Å²) in [5.41, 5.74) is 0. The Bertz CT molecular complexity index is 313. The predicted molar refractivity (Wildman–Crippen MR) is 63.0 cm³/mol. The lowest BCUT2D eigenvalue weighted by Gasteiger charge is -2.23. The van der Waals surface area contributed by atoms with Gasteiger partial charge in [-0.1, -0.05) is 6.92 Å². The molecule has 1 aliphatic rings. The Morgan fingerprint density at radius 2 is 1.94 bits per heavy atom. The Hall–Kier alpha value is -0.620. The van der Waals surface area contributed by atoms with Crippen molar-refractivity contribution in [2.45, 2.75) is 32.2 Å². The van der Waals surface area contributed by atoms with Crippen molar-refractivity contribution >= 4 is 15.7 Å². The van der Waals surface area contributed by atoms with Crippen LogP contribution >= 0.6 is 0 Å². The third-order valence-corrected chi connectivity index (χ3v) is 4.35. The first-order chi connectivity index (χ1) is 7.53. The summed E-state index contributed by atoms with van der Waals surface area (Å²) in [5, 5.41) is 5.86. The monoisotopic (exact) mass is 248 g/mol. The topological polar surface area (TPSA) is 75.3 Å². The molecule has 1 saturated heterocycles. The molecule has 0 radical (unpaired) electrons. The fraction of sp³-hybridized carbons (Fsp3) is 0.900. The van der Waals surface area contributed by atoms with E-state index >= 15 is 0 Å². The molecule has 0 unspecified atom stereocenters. The number of hydrogen-bond donors (Lipinski definition) is 2. The molecule has 0 aromatic carbocycles. The van der Waals surface area contributed by atoms with Crippen LogP contribution in [-0.4, -0.2) is 45.0 Å². The molecule has 0 aliphatic carbocycles. The van der Waals surface area contributed by atoms with Crippen molar-refractivity contribution in [1.82, 2.24) is 10.6 Å². The molecule has 1 aliphatic heterocycles. The van der Waals surface area contributed by atoms with Crippen LogP contribution in [0.3, 0.4) is 0 Å². The third kappa shape index (κ3) is 4.94. The van der Waals surface area contributed by atoms with Crippen LogP contribution in [0.25, 0.3) is 0 Å². The van der Waals surface area contributed by atoms with Crippen LogP contribution in [-0.2, 0) is 14.6 Å². The second kappa shape index (κ2) is 6.20. The summed E-state index contributed by atoms with van der Waals surface area (Å²) in [4.78, 5) is 11.4. The van der Waals surface area contributed by atoms with Crippen molar-refractivity contribution in [2.75, 3.05) is 24.6 Å². The van der Waals surface area contributed by atoms with E-state index in [4.69, 9.17) is 0 Å². The number of rotatable bonds is 5. The van der Waals surface area contributed by atoms with Crippen LogP contribution in [0.15, 0.2) is 0 Å². The van der Waals surface area contributed by atoms with Crippen LogP contribution in [0, 0.1) is 0 Å². The highest BCUT2D eigenvalue weighted by atomic mass is 32.2. The van der Waals surface area contributed by atoms with Gasteiger partial charge in [0, 0.05) is 6.04 Å². The normalized spacial score (nSPS) is 20.6. The Morgan fingerprint density at radius 3 is 2.50 bits per heavy atom. The highest BCUT2D eigenvalue weighted by Gasteiger charge is 2.24. The lowest BCUT2D eigenvalue weighted by molar-refractivity contribution is -0.121. The largest absolute Gasteiger partial charge is 0.352 e. The standard InChI is InChI=1S/C10H20N2O3S/c1-2-5-11-8-10(13)12-9-3-6-16(14,15)7-4-9/h9,11H,2-8H2,1H3,(H,12,13). The van der Waals surface area contributed by atoms with E-state index in [-0.39, 0.29) is 23.5 Å². The van der Waals surface area contributed by atoms with Gasteiger partial charge in [-0.15, -0.1) is 0 Å². The van der Waals surface area contributed by atoms with Gasteiger partial charge in [0.1, 0.15) is 9.84 Å². The van der Waals surface area contributed by atoms with Crippen molar-refractivity contribution in [3.05, 3.63) is 0 Å². The first-order valence-corrected chi connectivity index (χ1v) is 7.56. The molecule has 5 nitrogen and oxygen atoms in total. The molecule has 0 aromatic heterocycles. The van der Waals surface area contributed by atoms with Gasteiger partial charge in [-0.3, -0.25) is 4.79 Å². The van der Waals surface area contributed by atoms with Crippen LogP contribution in [0.5, 0.6) is 0 Å². The number of nitrogens with one attached hydrogen (secondary N) is 2. The molecule has 2 N–H and O–H groups in total. The van der Waals surface area contributed by atoms with Gasteiger partial charge >= 0.3 is 0 Å². The van der Waals surface area contributed by atoms with Gasteiger partial charge in [-0.2, -0.15) is 0 Å². The SMILES string of the molecule is CCCNCC(=O)NC1CCS(=O)(=O)CC1. The summed E-state index contributed by atoms with van der Waals surface area (Å²) in [6.45, 7) is 3.18. The second-order valence-electron chi connectivity index (χ2n) is 4.17. The Kier molecular flexibility index (Phi) is 5.21. The second-order valence-corrected chi connectivity index (χ2v) is 6.47. The zero-order valence-corrected chi connectivity index (χ0v) is 10.5. The van der Waals surface area contributed by atoms with E-state index in [2.05, 4.69) is 10.6 Å². The molecule has 0 bridgehead atoms. The molecule has 6 heteroatoms. The summed E-state index contributed by atoms with van der Waals surface area (Å²) in [5.74, 6) is 0.346. The molecule has 16 heavy (non-hydrogen) atoms.